The summed E-state index contributed by atoms with van der Waals surface area (Å²) in [7, 11) is 0. The van der Waals surface area contributed by atoms with Crippen LogP contribution in [0.25, 0.3) is 0 Å². The minimum Gasteiger partial charge on any atom is -0.384 e. The van der Waals surface area contributed by atoms with Crippen LogP contribution in [-0.2, 0) is 4.79 Å². The second-order valence-corrected chi connectivity index (χ2v) is 5.10. The molecule has 1 fully saturated rings. The van der Waals surface area contributed by atoms with Crippen molar-refractivity contribution in [3.05, 3.63) is 29.8 Å². The van der Waals surface area contributed by atoms with Gasteiger partial charge in [-0.2, -0.15) is 0 Å². The summed E-state index contributed by atoms with van der Waals surface area (Å²) in [6.07, 6.45) is 2.75. The molecule has 1 aliphatic heterocycles. The van der Waals surface area contributed by atoms with Crippen molar-refractivity contribution in [3.63, 3.8) is 0 Å². The van der Waals surface area contributed by atoms with Gasteiger partial charge in [0.05, 0.1) is 0 Å². The highest BCUT2D eigenvalue weighted by molar-refractivity contribution is 5.76. The van der Waals surface area contributed by atoms with Crippen molar-refractivity contribution < 1.29 is 4.79 Å². The van der Waals surface area contributed by atoms with Gasteiger partial charge in [-0.05, 0) is 37.9 Å². The summed E-state index contributed by atoms with van der Waals surface area (Å²) in [5.41, 5.74) is 2.31. The topological polar surface area (TPSA) is 53.2 Å². The van der Waals surface area contributed by atoms with Crippen LogP contribution in [0.15, 0.2) is 24.3 Å². The lowest BCUT2D eigenvalue weighted by molar-refractivity contribution is -0.121. The first-order valence-electron chi connectivity index (χ1n) is 7.05. The van der Waals surface area contributed by atoms with Crippen molar-refractivity contribution in [3.8, 4) is 0 Å². The molecule has 1 atom stereocenters. The van der Waals surface area contributed by atoms with Crippen molar-refractivity contribution in [2.24, 2.45) is 0 Å². The largest absolute Gasteiger partial charge is 0.384 e. The average molecular weight is 261 g/mol. The lowest BCUT2D eigenvalue weighted by Crippen LogP contribution is -2.45. The number of rotatable bonds is 5. The van der Waals surface area contributed by atoms with E-state index in [0.717, 1.165) is 31.6 Å². The first-order valence-corrected chi connectivity index (χ1v) is 7.05. The Bertz CT molecular complexity index is 414. The molecule has 1 amide bonds. The number of hydrogen-bond donors (Lipinski definition) is 3. The highest BCUT2D eigenvalue weighted by atomic mass is 16.1. The van der Waals surface area contributed by atoms with Crippen LogP contribution in [0.2, 0.25) is 0 Å². The number of para-hydroxylation sites is 1. The van der Waals surface area contributed by atoms with Gasteiger partial charge in [0.1, 0.15) is 0 Å². The third-order valence-corrected chi connectivity index (χ3v) is 3.47. The Labute approximate surface area is 115 Å². The number of piperidine rings is 1. The summed E-state index contributed by atoms with van der Waals surface area (Å²) in [5, 5.41) is 9.68. The van der Waals surface area contributed by atoms with Crippen LogP contribution in [0.4, 0.5) is 5.69 Å². The Hall–Kier alpha value is -1.55. The van der Waals surface area contributed by atoms with E-state index in [4.69, 9.17) is 0 Å². The number of nitrogens with one attached hydrogen (secondary N) is 3. The Morgan fingerprint density at radius 3 is 3.00 bits per heavy atom. The minimum atomic E-state index is 0.134. The molecule has 19 heavy (non-hydrogen) atoms. The fourth-order valence-corrected chi connectivity index (χ4v) is 2.36. The van der Waals surface area contributed by atoms with Crippen LogP contribution in [0.3, 0.4) is 0 Å². The van der Waals surface area contributed by atoms with Crippen molar-refractivity contribution >= 4 is 11.6 Å². The van der Waals surface area contributed by atoms with Crippen LogP contribution >= 0.6 is 0 Å². The molecule has 1 aromatic rings. The number of aryl methyl sites for hydroxylation is 1. The van der Waals surface area contributed by atoms with Gasteiger partial charge in [0.25, 0.3) is 0 Å². The average Bonchev–Trinajstić information content (AvgIpc) is 2.42. The first kappa shape index (κ1) is 13.9. The van der Waals surface area contributed by atoms with Gasteiger partial charge >= 0.3 is 0 Å². The summed E-state index contributed by atoms with van der Waals surface area (Å²) in [5.74, 6) is 0.134. The molecular formula is C15H23N3O. The second-order valence-electron chi connectivity index (χ2n) is 5.10. The van der Waals surface area contributed by atoms with Crippen molar-refractivity contribution in [2.45, 2.75) is 32.2 Å². The van der Waals surface area contributed by atoms with Gasteiger partial charge in [0.2, 0.25) is 5.91 Å². The quantitative estimate of drug-likeness (QED) is 0.755. The Morgan fingerprint density at radius 2 is 2.26 bits per heavy atom. The van der Waals surface area contributed by atoms with E-state index in [2.05, 4.69) is 28.9 Å². The van der Waals surface area contributed by atoms with E-state index in [9.17, 15) is 4.79 Å². The molecule has 4 nitrogen and oxygen atoms in total. The molecule has 0 unspecified atom stereocenters. The van der Waals surface area contributed by atoms with Gasteiger partial charge in [-0.25, -0.2) is 0 Å². The summed E-state index contributed by atoms with van der Waals surface area (Å²) in [6.45, 7) is 4.71. The van der Waals surface area contributed by atoms with Gasteiger partial charge in [-0.15, -0.1) is 0 Å². The predicted octanol–water partition coefficient (Wildman–Crippen LogP) is 1.67. The summed E-state index contributed by atoms with van der Waals surface area (Å²) in [6, 6.07) is 8.43. The summed E-state index contributed by atoms with van der Waals surface area (Å²) in [4.78, 5) is 11.8. The van der Waals surface area contributed by atoms with E-state index in [0.29, 0.717) is 19.0 Å². The molecular weight excluding hydrogens is 238 g/mol. The maximum absolute atomic E-state index is 11.8. The van der Waals surface area contributed by atoms with Gasteiger partial charge in [-0.1, -0.05) is 18.2 Å². The second kappa shape index (κ2) is 7.14. The number of amides is 1. The summed E-state index contributed by atoms with van der Waals surface area (Å²) < 4.78 is 0. The maximum atomic E-state index is 11.8. The third kappa shape index (κ3) is 4.56. The van der Waals surface area contributed by atoms with Crippen LogP contribution in [0.5, 0.6) is 0 Å². The van der Waals surface area contributed by atoms with E-state index < -0.39 is 0 Å². The van der Waals surface area contributed by atoms with E-state index in [-0.39, 0.29) is 5.91 Å². The zero-order chi connectivity index (χ0) is 13.5. The Morgan fingerprint density at radius 1 is 1.42 bits per heavy atom. The SMILES string of the molecule is Cc1ccccc1NCCC(=O)N[C@H]1CCCNC1. The molecule has 104 valence electrons. The molecule has 1 aromatic carbocycles. The standard InChI is InChI=1S/C15H23N3O/c1-12-5-2-3-7-14(12)17-10-8-15(19)18-13-6-4-9-16-11-13/h2-3,5,7,13,16-17H,4,6,8-11H2,1H3,(H,18,19)/t13-/m0/s1. The molecule has 1 aliphatic rings. The summed E-state index contributed by atoms with van der Waals surface area (Å²) >= 11 is 0. The lowest BCUT2D eigenvalue weighted by atomic mass is 10.1. The minimum absolute atomic E-state index is 0.134. The highest BCUT2D eigenvalue weighted by Crippen LogP contribution is 2.12. The molecule has 0 radical (unpaired) electrons. The third-order valence-electron chi connectivity index (χ3n) is 3.47. The van der Waals surface area contributed by atoms with E-state index in [1.807, 2.05) is 18.2 Å². The normalized spacial score (nSPS) is 18.9. The molecule has 4 heteroatoms. The zero-order valence-electron chi connectivity index (χ0n) is 11.5. The fraction of sp³-hybridized carbons (Fsp3) is 0.533. The monoisotopic (exact) mass is 261 g/mol. The van der Waals surface area contributed by atoms with Gasteiger partial charge in [0.15, 0.2) is 0 Å². The molecule has 1 saturated heterocycles. The van der Waals surface area contributed by atoms with Crippen molar-refractivity contribution in [1.82, 2.24) is 10.6 Å². The molecule has 0 bridgehead atoms. The fourth-order valence-electron chi connectivity index (χ4n) is 2.36. The van der Waals surface area contributed by atoms with Crippen LogP contribution in [0, 0.1) is 6.92 Å². The zero-order valence-corrected chi connectivity index (χ0v) is 11.5. The lowest BCUT2D eigenvalue weighted by Gasteiger charge is -2.23. The molecule has 0 aliphatic carbocycles. The highest BCUT2D eigenvalue weighted by Gasteiger charge is 2.14. The molecule has 3 N–H and O–H groups in total. The van der Waals surface area contributed by atoms with Crippen LogP contribution in [0.1, 0.15) is 24.8 Å². The molecule has 0 aromatic heterocycles. The van der Waals surface area contributed by atoms with E-state index in [1.165, 1.54) is 5.56 Å². The number of carbonyl (C=O) groups excluding carboxylic acids is 1. The van der Waals surface area contributed by atoms with Gasteiger partial charge in [-0.3, -0.25) is 4.79 Å². The van der Waals surface area contributed by atoms with E-state index in [1.54, 1.807) is 0 Å². The molecule has 0 spiro atoms. The molecule has 0 saturated carbocycles. The first-order chi connectivity index (χ1) is 9.25. The predicted molar refractivity (Wildman–Crippen MR) is 78.3 cm³/mol. The number of hydrogen-bond acceptors (Lipinski definition) is 3. The van der Waals surface area contributed by atoms with Gasteiger partial charge < -0.3 is 16.0 Å². The Kier molecular flexibility index (Phi) is 5.21. The molecule has 2 rings (SSSR count). The van der Waals surface area contributed by atoms with Crippen molar-refractivity contribution in [1.29, 1.82) is 0 Å². The smallest absolute Gasteiger partial charge is 0.222 e. The van der Waals surface area contributed by atoms with Crippen LogP contribution in [-0.4, -0.2) is 31.6 Å². The Balaban J connectivity index is 1.67. The number of benzene rings is 1. The molecule has 1 heterocycles. The number of carbonyl (C=O) groups is 1. The van der Waals surface area contributed by atoms with Crippen LogP contribution < -0.4 is 16.0 Å². The number of anilines is 1. The maximum Gasteiger partial charge on any atom is 0.222 e. The van der Waals surface area contributed by atoms with E-state index >= 15 is 0 Å². The van der Waals surface area contributed by atoms with Crippen molar-refractivity contribution in [2.75, 3.05) is 25.0 Å². The van der Waals surface area contributed by atoms with Gasteiger partial charge in [0, 0.05) is 31.2 Å².